The third kappa shape index (κ3) is 4.66. The molecule has 1 aliphatic heterocycles. The first-order valence-electron chi connectivity index (χ1n) is 7.71. The molecule has 1 saturated heterocycles. The van der Waals surface area contributed by atoms with Crippen molar-refractivity contribution >= 4 is 42.1 Å². The van der Waals surface area contributed by atoms with Gasteiger partial charge in [0.1, 0.15) is 12.0 Å². The molecule has 1 aliphatic rings. The molecule has 0 atom stereocenters. The highest BCUT2D eigenvalue weighted by Crippen LogP contribution is 2.28. The van der Waals surface area contributed by atoms with Gasteiger partial charge in [0.25, 0.3) is 5.91 Å². The van der Waals surface area contributed by atoms with E-state index in [0.29, 0.717) is 11.3 Å². The quantitative estimate of drug-likeness (QED) is 0.856. The SMILES string of the molecule is Cl.Cl.NCc1cc(C(=O)Nc2ccccc2N2CCCCC2)co1. The maximum absolute atomic E-state index is 12.3. The summed E-state index contributed by atoms with van der Waals surface area (Å²) in [7, 11) is 0. The molecule has 24 heavy (non-hydrogen) atoms. The topological polar surface area (TPSA) is 71.5 Å². The number of halogens is 2. The van der Waals surface area contributed by atoms with Crippen molar-refractivity contribution in [2.75, 3.05) is 23.3 Å². The third-order valence-corrected chi connectivity index (χ3v) is 3.97. The molecule has 1 aromatic carbocycles. The van der Waals surface area contributed by atoms with Gasteiger partial charge >= 0.3 is 0 Å². The van der Waals surface area contributed by atoms with E-state index in [4.69, 9.17) is 10.2 Å². The molecule has 5 nitrogen and oxygen atoms in total. The number of carbonyl (C=O) groups is 1. The molecule has 2 aromatic rings. The summed E-state index contributed by atoms with van der Waals surface area (Å²) in [5.41, 5.74) is 7.92. The van der Waals surface area contributed by atoms with Crippen molar-refractivity contribution in [2.45, 2.75) is 25.8 Å². The second-order valence-electron chi connectivity index (χ2n) is 5.52. The van der Waals surface area contributed by atoms with Gasteiger partial charge in [-0.15, -0.1) is 24.8 Å². The lowest BCUT2D eigenvalue weighted by Crippen LogP contribution is -2.30. The summed E-state index contributed by atoms with van der Waals surface area (Å²) < 4.78 is 5.22. The maximum atomic E-state index is 12.3. The van der Waals surface area contributed by atoms with Gasteiger partial charge in [-0.25, -0.2) is 0 Å². The number of carbonyl (C=O) groups excluding carboxylic acids is 1. The zero-order chi connectivity index (χ0) is 15.4. The molecular formula is C17H23Cl2N3O2. The zero-order valence-corrected chi connectivity index (χ0v) is 15.0. The highest BCUT2D eigenvalue weighted by Gasteiger charge is 2.16. The van der Waals surface area contributed by atoms with Crippen LogP contribution in [0.25, 0.3) is 0 Å². The van der Waals surface area contributed by atoms with Crippen molar-refractivity contribution in [3.63, 3.8) is 0 Å². The second kappa shape index (κ2) is 9.57. The first kappa shape index (κ1) is 20.4. The Morgan fingerprint density at radius 3 is 2.54 bits per heavy atom. The van der Waals surface area contributed by atoms with Crippen LogP contribution >= 0.6 is 24.8 Å². The van der Waals surface area contributed by atoms with Crippen LogP contribution in [0.3, 0.4) is 0 Å². The van der Waals surface area contributed by atoms with Crippen LogP contribution in [0, 0.1) is 0 Å². The fourth-order valence-electron chi connectivity index (χ4n) is 2.79. The number of hydrogen-bond acceptors (Lipinski definition) is 4. The van der Waals surface area contributed by atoms with E-state index in [-0.39, 0.29) is 37.3 Å². The molecule has 132 valence electrons. The van der Waals surface area contributed by atoms with Gasteiger partial charge in [-0.3, -0.25) is 4.79 Å². The molecule has 2 heterocycles. The minimum absolute atomic E-state index is 0. The Kier molecular flexibility index (Phi) is 8.11. The van der Waals surface area contributed by atoms with Crippen molar-refractivity contribution < 1.29 is 9.21 Å². The molecule has 7 heteroatoms. The number of hydrogen-bond donors (Lipinski definition) is 2. The van der Waals surface area contributed by atoms with Crippen LogP contribution in [0.2, 0.25) is 0 Å². The first-order valence-corrected chi connectivity index (χ1v) is 7.71. The van der Waals surface area contributed by atoms with Gasteiger partial charge in [0.05, 0.1) is 23.5 Å². The van der Waals surface area contributed by atoms with Crippen LogP contribution in [0.5, 0.6) is 0 Å². The number of rotatable bonds is 4. The van der Waals surface area contributed by atoms with Gasteiger partial charge in [0.2, 0.25) is 0 Å². The Bertz CT molecular complexity index is 655. The van der Waals surface area contributed by atoms with Gasteiger partial charge in [0.15, 0.2) is 0 Å². The van der Waals surface area contributed by atoms with Crippen molar-refractivity contribution in [1.29, 1.82) is 0 Å². The molecule has 0 bridgehead atoms. The highest BCUT2D eigenvalue weighted by atomic mass is 35.5. The smallest absolute Gasteiger partial charge is 0.258 e. The number of benzene rings is 1. The number of piperidine rings is 1. The number of nitrogens with one attached hydrogen (secondary N) is 1. The number of para-hydroxylation sites is 2. The standard InChI is InChI=1S/C17H21N3O2.2ClH/c18-11-14-10-13(12-22-14)17(21)19-15-6-2-3-7-16(15)20-8-4-1-5-9-20;;/h2-3,6-7,10,12H,1,4-5,8-9,11,18H2,(H,19,21);2*1H. The lowest BCUT2D eigenvalue weighted by molar-refractivity contribution is 0.102. The van der Waals surface area contributed by atoms with Gasteiger partial charge < -0.3 is 20.4 Å². The summed E-state index contributed by atoms with van der Waals surface area (Å²) in [5, 5.41) is 2.98. The van der Waals surface area contributed by atoms with Crippen LogP contribution in [0.15, 0.2) is 41.0 Å². The van der Waals surface area contributed by atoms with E-state index in [1.807, 2.05) is 18.2 Å². The van der Waals surface area contributed by atoms with E-state index < -0.39 is 0 Å². The Hall–Kier alpha value is -1.69. The van der Waals surface area contributed by atoms with E-state index >= 15 is 0 Å². The van der Waals surface area contributed by atoms with Crippen LogP contribution in [-0.2, 0) is 6.54 Å². The largest absolute Gasteiger partial charge is 0.467 e. The summed E-state index contributed by atoms with van der Waals surface area (Å²) in [5.74, 6) is 0.433. The normalized spacial score (nSPS) is 13.6. The Morgan fingerprint density at radius 2 is 1.88 bits per heavy atom. The van der Waals surface area contributed by atoms with Crippen LogP contribution in [-0.4, -0.2) is 19.0 Å². The number of amides is 1. The lowest BCUT2D eigenvalue weighted by atomic mass is 10.1. The second-order valence-corrected chi connectivity index (χ2v) is 5.52. The predicted molar refractivity (Wildman–Crippen MR) is 102 cm³/mol. The monoisotopic (exact) mass is 371 g/mol. The highest BCUT2D eigenvalue weighted by molar-refractivity contribution is 6.05. The van der Waals surface area contributed by atoms with Crippen LogP contribution < -0.4 is 16.0 Å². The van der Waals surface area contributed by atoms with E-state index in [9.17, 15) is 4.79 Å². The molecule has 1 fully saturated rings. The van der Waals surface area contributed by atoms with E-state index in [2.05, 4.69) is 16.3 Å². The minimum Gasteiger partial charge on any atom is -0.467 e. The molecule has 3 N–H and O–H groups in total. The molecule has 0 aliphatic carbocycles. The minimum atomic E-state index is -0.173. The maximum Gasteiger partial charge on any atom is 0.258 e. The molecule has 3 rings (SSSR count). The Balaban J connectivity index is 0.00000144. The zero-order valence-electron chi connectivity index (χ0n) is 13.4. The first-order chi connectivity index (χ1) is 10.8. The molecular weight excluding hydrogens is 349 g/mol. The lowest BCUT2D eigenvalue weighted by Gasteiger charge is -2.30. The van der Waals surface area contributed by atoms with E-state index in [0.717, 1.165) is 24.5 Å². The number of nitrogens with zero attached hydrogens (tertiary/aromatic N) is 1. The van der Waals surface area contributed by atoms with Crippen molar-refractivity contribution in [2.24, 2.45) is 5.73 Å². The van der Waals surface area contributed by atoms with Crippen molar-refractivity contribution in [3.8, 4) is 0 Å². The van der Waals surface area contributed by atoms with Crippen molar-refractivity contribution in [3.05, 3.63) is 47.9 Å². The summed E-state index contributed by atoms with van der Waals surface area (Å²) in [6.45, 7) is 2.36. The van der Waals surface area contributed by atoms with Gasteiger partial charge in [-0.2, -0.15) is 0 Å². The average Bonchev–Trinajstić information content (AvgIpc) is 3.05. The van der Waals surface area contributed by atoms with Gasteiger partial charge in [0, 0.05) is 13.1 Å². The Morgan fingerprint density at radius 1 is 1.17 bits per heavy atom. The van der Waals surface area contributed by atoms with E-state index in [1.54, 1.807) is 6.07 Å². The summed E-state index contributed by atoms with van der Waals surface area (Å²) >= 11 is 0. The molecule has 1 amide bonds. The van der Waals surface area contributed by atoms with E-state index in [1.165, 1.54) is 25.5 Å². The summed E-state index contributed by atoms with van der Waals surface area (Å²) in [4.78, 5) is 14.7. The fraction of sp³-hybridized carbons (Fsp3) is 0.353. The average molecular weight is 372 g/mol. The molecule has 0 saturated carbocycles. The number of anilines is 2. The molecule has 0 spiro atoms. The summed E-state index contributed by atoms with van der Waals surface area (Å²) in [6.07, 6.45) is 5.12. The molecule has 0 unspecified atom stereocenters. The third-order valence-electron chi connectivity index (χ3n) is 3.97. The van der Waals surface area contributed by atoms with Gasteiger partial charge in [-0.1, -0.05) is 12.1 Å². The fourth-order valence-corrected chi connectivity index (χ4v) is 2.79. The van der Waals surface area contributed by atoms with Crippen LogP contribution in [0.4, 0.5) is 11.4 Å². The number of nitrogens with two attached hydrogens (primary N) is 1. The molecule has 1 aromatic heterocycles. The predicted octanol–water partition coefficient (Wildman–Crippen LogP) is 3.82. The molecule has 0 radical (unpaired) electrons. The Labute approximate surface area is 154 Å². The number of furan rings is 1. The van der Waals surface area contributed by atoms with Crippen LogP contribution in [0.1, 0.15) is 35.4 Å². The van der Waals surface area contributed by atoms with Crippen molar-refractivity contribution in [1.82, 2.24) is 0 Å². The summed E-state index contributed by atoms with van der Waals surface area (Å²) in [6, 6.07) is 9.61. The van der Waals surface area contributed by atoms with Gasteiger partial charge in [-0.05, 0) is 37.5 Å².